The Morgan fingerprint density at radius 1 is 0.667 bits per heavy atom. The van der Waals surface area contributed by atoms with E-state index in [9.17, 15) is 8.42 Å². The summed E-state index contributed by atoms with van der Waals surface area (Å²) < 4.78 is 24.5. The quantitative estimate of drug-likeness (QED) is 0.549. The van der Waals surface area contributed by atoms with E-state index in [0.29, 0.717) is 11.8 Å². The van der Waals surface area contributed by atoms with Crippen LogP contribution in [0, 0.1) is 11.8 Å². The molecule has 0 spiro atoms. The maximum atomic E-state index is 12.2. The number of hydrogen-bond donors (Lipinski definition) is 0. The standard InChI is InChI=1S/C24H30O2S/c1-19(2)17-23-9-5-21(6-10-23)13-15-27(25,26)16-14-22-7-11-24(12-8-22)18-20(3)4/h5-16,19-20H,17-18H2,1-4H3. The van der Waals surface area contributed by atoms with Crippen molar-refractivity contribution in [2.45, 2.75) is 40.5 Å². The highest BCUT2D eigenvalue weighted by molar-refractivity contribution is 7.97. The molecule has 0 radical (unpaired) electrons. The Bertz CT molecular complexity index is 799. The van der Waals surface area contributed by atoms with Crippen LogP contribution in [0.4, 0.5) is 0 Å². The molecule has 0 N–H and O–H groups in total. The van der Waals surface area contributed by atoms with Gasteiger partial charge in [-0.05, 0) is 59.1 Å². The summed E-state index contributed by atoms with van der Waals surface area (Å²) in [7, 11) is -3.40. The predicted molar refractivity (Wildman–Crippen MR) is 117 cm³/mol. The molecule has 0 fully saturated rings. The van der Waals surface area contributed by atoms with Crippen molar-refractivity contribution in [3.8, 4) is 0 Å². The second-order valence-electron chi connectivity index (χ2n) is 7.87. The molecule has 0 heterocycles. The van der Waals surface area contributed by atoms with Crippen molar-refractivity contribution < 1.29 is 8.42 Å². The molecule has 0 saturated carbocycles. The van der Waals surface area contributed by atoms with E-state index in [1.807, 2.05) is 24.3 Å². The third-order valence-corrected chi connectivity index (χ3v) is 5.18. The maximum Gasteiger partial charge on any atom is 0.193 e. The van der Waals surface area contributed by atoms with E-state index in [-0.39, 0.29) is 0 Å². The summed E-state index contributed by atoms with van der Waals surface area (Å²) in [6, 6.07) is 16.1. The zero-order valence-corrected chi connectivity index (χ0v) is 17.5. The summed E-state index contributed by atoms with van der Waals surface area (Å²) in [5.74, 6) is 1.22. The maximum absolute atomic E-state index is 12.2. The monoisotopic (exact) mass is 382 g/mol. The zero-order valence-electron chi connectivity index (χ0n) is 16.7. The molecule has 0 atom stereocenters. The van der Waals surface area contributed by atoms with E-state index in [2.05, 4.69) is 52.0 Å². The van der Waals surface area contributed by atoms with Gasteiger partial charge in [0, 0.05) is 10.8 Å². The van der Waals surface area contributed by atoms with Gasteiger partial charge in [-0.15, -0.1) is 0 Å². The van der Waals surface area contributed by atoms with E-state index >= 15 is 0 Å². The molecule has 0 saturated heterocycles. The average molecular weight is 383 g/mol. The van der Waals surface area contributed by atoms with Crippen LogP contribution < -0.4 is 0 Å². The van der Waals surface area contributed by atoms with Crippen molar-refractivity contribution in [2.75, 3.05) is 0 Å². The van der Waals surface area contributed by atoms with E-state index in [1.54, 1.807) is 12.2 Å². The SMILES string of the molecule is CC(C)Cc1ccc(C=CS(=O)(=O)C=Cc2ccc(CC(C)C)cc2)cc1. The zero-order chi connectivity index (χ0) is 19.9. The Morgan fingerprint density at radius 2 is 1.00 bits per heavy atom. The molecular formula is C24H30O2S. The second kappa shape index (κ2) is 9.70. The summed E-state index contributed by atoms with van der Waals surface area (Å²) in [5, 5.41) is 2.52. The number of rotatable bonds is 8. The lowest BCUT2D eigenvalue weighted by Gasteiger charge is -2.05. The Labute approximate surface area is 164 Å². The molecule has 0 unspecified atom stereocenters. The minimum absolute atomic E-state index is 0.608. The third kappa shape index (κ3) is 7.96. The molecule has 0 aromatic heterocycles. The van der Waals surface area contributed by atoms with Crippen molar-refractivity contribution >= 4 is 22.0 Å². The lowest BCUT2D eigenvalue weighted by atomic mass is 10.0. The van der Waals surface area contributed by atoms with Gasteiger partial charge in [0.25, 0.3) is 0 Å². The molecule has 2 aromatic carbocycles. The summed E-state index contributed by atoms with van der Waals surface area (Å²) in [6.45, 7) is 8.74. The van der Waals surface area contributed by atoms with E-state index in [0.717, 1.165) is 24.0 Å². The minimum atomic E-state index is -3.40. The molecule has 0 aliphatic rings. The highest BCUT2D eigenvalue weighted by Gasteiger charge is 2.02. The first-order valence-electron chi connectivity index (χ1n) is 9.52. The van der Waals surface area contributed by atoms with Gasteiger partial charge >= 0.3 is 0 Å². The van der Waals surface area contributed by atoms with Crippen LogP contribution in [0.2, 0.25) is 0 Å². The molecule has 3 heteroatoms. The van der Waals surface area contributed by atoms with Gasteiger partial charge in [0.05, 0.1) is 0 Å². The minimum Gasteiger partial charge on any atom is -0.220 e. The van der Waals surface area contributed by atoms with Gasteiger partial charge < -0.3 is 0 Å². The Hall–Kier alpha value is -2.13. The van der Waals surface area contributed by atoms with Gasteiger partial charge in [0.1, 0.15) is 0 Å². The van der Waals surface area contributed by atoms with Gasteiger partial charge in [-0.3, -0.25) is 0 Å². The molecule has 2 aromatic rings. The molecule has 0 aliphatic heterocycles. The van der Waals surface area contributed by atoms with Crippen LogP contribution in [0.15, 0.2) is 59.3 Å². The van der Waals surface area contributed by atoms with Crippen LogP contribution in [0.1, 0.15) is 49.9 Å². The van der Waals surface area contributed by atoms with Crippen molar-refractivity contribution in [3.05, 3.63) is 81.6 Å². The van der Waals surface area contributed by atoms with Crippen molar-refractivity contribution in [2.24, 2.45) is 11.8 Å². The fourth-order valence-electron chi connectivity index (χ4n) is 2.86. The normalized spacial score (nSPS) is 12.7. The molecule has 144 valence electrons. The first kappa shape index (κ1) is 21.2. The topological polar surface area (TPSA) is 34.1 Å². The number of benzene rings is 2. The van der Waals surface area contributed by atoms with Crippen LogP contribution in [0.3, 0.4) is 0 Å². The van der Waals surface area contributed by atoms with E-state index < -0.39 is 9.84 Å². The lowest BCUT2D eigenvalue weighted by Crippen LogP contribution is -1.93. The third-order valence-electron chi connectivity index (χ3n) is 4.15. The summed E-state index contributed by atoms with van der Waals surface area (Å²) in [5.41, 5.74) is 4.31. The number of hydrogen-bond acceptors (Lipinski definition) is 2. The molecule has 2 nitrogen and oxygen atoms in total. The van der Waals surface area contributed by atoms with Gasteiger partial charge in [-0.2, -0.15) is 0 Å². The highest BCUT2D eigenvalue weighted by atomic mass is 32.2. The Morgan fingerprint density at radius 3 is 1.30 bits per heavy atom. The molecular weight excluding hydrogens is 352 g/mol. The Balaban J connectivity index is 2.01. The van der Waals surface area contributed by atoms with Gasteiger partial charge in [0.2, 0.25) is 0 Å². The van der Waals surface area contributed by atoms with Crippen LogP contribution in [0.25, 0.3) is 12.2 Å². The largest absolute Gasteiger partial charge is 0.220 e. The predicted octanol–water partition coefficient (Wildman–Crippen LogP) is 6.14. The van der Waals surface area contributed by atoms with Crippen molar-refractivity contribution in [1.29, 1.82) is 0 Å². The summed E-state index contributed by atoms with van der Waals surface area (Å²) >= 11 is 0. The molecule has 27 heavy (non-hydrogen) atoms. The summed E-state index contributed by atoms with van der Waals surface area (Å²) in [6.07, 6.45) is 5.34. The van der Waals surface area contributed by atoms with Crippen molar-refractivity contribution in [3.63, 3.8) is 0 Å². The van der Waals surface area contributed by atoms with Gasteiger partial charge in [-0.25, -0.2) is 8.42 Å². The average Bonchev–Trinajstić information content (AvgIpc) is 2.60. The fraction of sp³-hybridized carbons (Fsp3) is 0.333. The van der Waals surface area contributed by atoms with Crippen LogP contribution in [-0.4, -0.2) is 8.42 Å². The van der Waals surface area contributed by atoms with E-state index in [1.165, 1.54) is 21.9 Å². The van der Waals surface area contributed by atoms with E-state index in [4.69, 9.17) is 0 Å². The first-order chi connectivity index (χ1) is 12.7. The lowest BCUT2D eigenvalue weighted by molar-refractivity contribution is 0.613. The fourth-order valence-corrected chi connectivity index (χ4v) is 3.65. The highest BCUT2D eigenvalue weighted by Crippen LogP contribution is 2.14. The molecule has 0 bridgehead atoms. The molecule has 0 amide bonds. The van der Waals surface area contributed by atoms with Gasteiger partial charge in [0.15, 0.2) is 9.84 Å². The Kier molecular flexibility index (Phi) is 7.61. The first-order valence-corrected chi connectivity index (χ1v) is 11.1. The molecule has 2 rings (SSSR count). The molecule has 0 aliphatic carbocycles. The van der Waals surface area contributed by atoms with Crippen molar-refractivity contribution in [1.82, 2.24) is 0 Å². The van der Waals surface area contributed by atoms with Gasteiger partial charge in [-0.1, -0.05) is 76.2 Å². The smallest absolute Gasteiger partial charge is 0.193 e. The van der Waals surface area contributed by atoms with Crippen LogP contribution >= 0.6 is 0 Å². The summed E-state index contributed by atoms with van der Waals surface area (Å²) in [4.78, 5) is 0. The van der Waals surface area contributed by atoms with Crippen LogP contribution in [-0.2, 0) is 22.7 Å². The second-order valence-corrected chi connectivity index (χ2v) is 9.60. The van der Waals surface area contributed by atoms with Crippen LogP contribution in [0.5, 0.6) is 0 Å². The number of sulfone groups is 1.